The molecule has 1 atom stereocenters. The molecule has 2 N–H and O–H groups in total. The van der Waals surface area contributed by atoms with Gasteiger partial charge in [0.05, 0.1) is 17.2 Å². The maximum atomic E-state index is 11.6. The molecule has 0 bridgehead atoms. The number of carbonyl (C=O) groups is 1. The molecule has 0 saturated heterocycles. The molecule has 0 fully saturated rings. The van der Waals surface area contributed by atoms with Gasteiger partial charge in [-0.1, -0.05) is 23.2 Å². The molecule has 0 radical (unpaired) electrons. The van der Waals surface area contributed by atoms with E-state index in [0.29, 0.717) is 15.6 Å². The second-order valence-corrected chi connectivity index (χ2v) is 4.02. The van der Waals surface area contributed by atoms with Crippen molar-refractivity contribution in [2.24, 2.45) is 0 Å². The molecule has 1 unspecified atom stereocenters. The standard InChI is InChI=1S/C10H11Cl2NO2/c1-6(5-14)13-10(15)8-4-7(11)2-3-9(8)12/h2-4,6,14H,5H2,1H3,(H,13,15). The molecule has 82 valence electrons. The Morgan fingerprint density at radius 1 is 1.53 bits per heavy atom. The zero-order valence-corrected chi connectivity index (χ0v) is 9.64. The van der Waals surface area contributed by atoms with Crippen LogP contribution < -0.4 is 5.32 Å². The van der Waals surface area contributed by atoms with Crippen LogP contribution in [0, 0.1) is 0 Å². The lowest BCUT2D eigenvalue weighted by Gasteiger charge is -2.11. The smallest absolute Gasteiger partial charge is 0.253 e. The van der Waals surface area contributed by atoms with Crippen LogP contribution in [0.1, 0.15) is 17.3 Å². The predicted molar refractivity (Wildman–Crippen MR) is 60.5 cm³/mol. The molecule has 1 aromatic carbocycles. The third-order valence-electron chi connectivity index (χ3n) is 1.82. The first-order valence-electron chi connectivity index (χ1n) is 4.41. The van der Waals surface area contributed by atoms with E-state index < -0.39 is 0 Å². The molecule has 0 heterocycles. The monoisotopic (exact) mass is 247 g/mol. The van der Waals surface area contributed by atoms with Crippen molar-refractivity contribution in [2.45, 2.75) is 13.0 Å². The first kappa shape index (κ1) is 12.3. The summed E-state index contributed by atoms with van der Waals surface area (Å²) in [7, 11) is 0. The van der Waals surface area contributed by atoms with Gasteiger partial charge < -0.3 is 10.4 Å². The SMILES string of the molecule is CC(CO)NC(=O)c1cc(Cl)ccc1Cl. The Balaban J connectivity index is 2.86. The van der Waals surface area contributed by atoms with Crippen LogP contribution in [-0.2, 0) is 0 Å². The Labute approximate surface area is 98.0 Å². The highest BCUT2D eigenvalue weighted by molar-refractivity contribution is 6.35. The first-order valence-corrected chi connectivity index (χ1v) is 5.17. The van der Waals surface area contributed by atoms with Crippen LogP contribution in [0.4, 0.5) is 0 Å². The van der Waals surface area contributed by atoms with Crippen molar-refractivity contribution in [3.05, 3.63) is 33.8 Å². The van der Waals surface area contributed by atoms with Crippen LogP contribution in [0.3, 0.4) is 0 Å². The van der Waals surface area contributed by atoms with Crippen LogP contribution >= 0.6 is 23.2 Å². The molecule has 0 aliphatic rings. The molecular formula is C10H11Cl2NO2. The first-order chi connectivity index (χ1) is 7.04. The average Bonchev–Trinajstić information content (AvgIpc) is 2.21. The lowest BCUT2D eigenvalue weighted by atomic mass is 10.2. The summed E-state index contributed by atoms with van der Waals surface area (Å²) < 4.78 is 0. The highest BCUT2D eigenvalue weighted by Gasteiger charge is 2.12. The Kier molecular flexibility index (Phi) is 4.39. The van der Waals surface area contributed by atoms with Crippen LogP contribution in [-0.4, -0.2) is 23.7 Å². The summed E-state index contributed by atoms with van der Waals surface area (Å²) in [6, 6.07) is 4.34. The number of amides is 1. The van der Waals surface area contributed by atoms with Crippen molar-refractivity contribution in [1.82, 2.24) is 5.32 Å². The molecule has 0 aliphatic carbocycles. The summed E-state index contributed by atoms with van der Waals surface area (Å²) in [5, 5.41) is 12.1. The number of carbonyl (C=O) groups excluding carboxylic acids is 1. The number of rotatable bonds is 3. The Morgan fingerprint density at radius 3 is 2.80 bits per heavy atom. The molecule has 3 nitrogen and oxygen atoms in total. The fraction of sp³-hybridized carbons (Fsp3) is 0.300. The third kappa shape index (κ3) is 3.38. The van der Waals surface area contributed by atoms with Crippen molar-refractivity contribution in [1.29, 1.82) is 0 Å². The summed E-state index contributed by atoms with van der Waals surface area (Å²) in [4.78, 5) is 11.6. The highest BCUT2D eigenvalue weighted by Crippen LogP contribution is 2.20. The number of nitrogens with one attached hydrogen (secondary N) is 1. The van der Waals surface area contributed by atoms with E-state index >= 15 is 0 Å². The minimum atomic E-state index is -0.343. The van der Waals surface area contributed by atoms with E-state index in [-0.39, 0.29) is 18.6 Å². The van der Waals surface area contributed by atoms with Gasteiger partial charge in [0, 0.05) is 11.1 Å². The van der Waals surface area contributed by atoms with Gasteiger partial charge in [-0.15, -0.1) is 0 Å². The zero-order valence-electron chi connectivity index (χ0n) is 8.13. The summed E-state index contributed by atoms with van der Waals surface area (Å²) in [5.41, 5.74) is 0.310. The van der Waals surface area contributed by atoms with Crippen molar-refractivity contribution >= 4 is 29.1 Å². The van der Waals surface area contributed by atoms with Gasteiger partial charge in [-0.25, -0.2) is 0 Å². The molecule has 0 saturated carbocycles. The lowest BCUT2D eigenvalue weighted by Crippen LogP contribution is -2.35. The molecule has 0 spiro atoms. The Hall–Kier alpha value is -0.770. The van der Waals surface area contributed by atoms with Gasteiger partial charge in [-0.2, -0.15) is 0 Å². The van der Waals surface area contributed by atoms with Crippen molar-refractivity contribution in [3.8, 4) is 0 Å². The van der Waals surface area contributed by atoms with E-state index in [1.54, 1.807) is 19.1 Å². The molecule has 0 aliphatic heterocycles. The van der Waals surface area contributed by atoms with Gasteiger partial charge in [0.1, 0.15) is 0 Å². The van der Waals surface area contributed by atoms with Gasteiger partial charge in [0.15, 0.2) is 0 Å². The van der Waals surface area contributed by atoms with Crippen molar-refractivity contribution in [2.75, 3.05) is 6.61 Å². The normalized spacial score (nSPS) is 12.3. The fourth-order valence-corrected chi connectivity index (χ4v) is 1.39. The second-order valence-electron chi connectivity index (χ2n) is 3.18. The molecule has 1 aromatic rings. The Morgan fingerprint density at radius 2 is 2.20 bits per heavy atom. The molecule has 15 heavy (non-hydrogen) atoms. The largest absolute Gasteiger partial charge is 0.394 e. The topological polar surface area (TPSA) is 49.3 Å². The summed E-state index contributed by atoms with van der Waals surface area (Å²) in [6.45, 7) is 1.57. The predicted octanol–water partition coefficient (Wildman–Crippen LogP) is 2.10. The van der Waals surface area contributed by atoms with E-state index in [1.165, 1.54) is 6.07 Å². The lowest BCUT2D eigenvalue weighted by molar-refractivity contribution is 0.0922. The van der Waals surface area contributed by atoms with Gasteiger partial charge >= 0.3 is 0 Å². The summed E-state index contributed by atoms with van der Waals surface area (Å²) in [5.74, 6) is -0.343. The van der Waals surface area contributed by atoms with Gasteiger partial charge in [-0.05, 0) is 25.1 Å². The van der Waals surface area contributed by atoms with E-state index in [4.69, 9.17) is 28.3 Å². The van der Waals surface area contributed by atoms with Crippen LogP contribution in [0.25, 0.3) is 0 Å². The molecule has 0 aromatic heterocycles. The maximum Gasteiger partial charge on any atom is 0.253 e. The third-order valence-corrected chi connectivity index (χ3v) is 2.39. The van der Waals surface area contributed by atoms with Gasteiger partial charge in [-0.3, -0.25) is 4.79 Å². The fourth-order valence-electron chi connectivity index (χ4n) is 1.02. The molecule has 1 amide bonds. The number of hydrogen-bond acceptors (Lipinski definition) is 2. The van der Waals surface area contributed by atoms with Crippen molar-refractivity contribution < 1.29 is 9.90 Å². The number of aliphatic hydroxyl groups excluding tert-OH is 1. The van der Waals surface area contributed by atoms with E-state index in [1.807, 2.05) is 0 Å². The van der Waals surface area contributed by atoms with Gasteiger partial charge in [0.2, 0.25) is 0 Å². The summed E-state index contributed by atoms with van der Waals surface area (Å²) >= 11 is 11.6. The average molecular weight is 248 g/mol. The van der Waals surface area contributed by atoms with Crippen LogP contribution in [0.5, 0.6) is 0 Å². The molecular weight excluding hydrogens is 237 g/mol. The maximum absolute atomic E-state index is 11.6. The second kappa shape index (κ2) is 5.35. The van der Waals surface area contributed by atoms with Crippen molar-refractivity contribution in [3.63, 3.8) is 0 Å². The van der Waals surface area contributed by atoms with E-state index in [0.717, 1.165) is 0 Å². The number of halogens is 2. The van der Waals surface area contributed by atoms with Crippen LogP contribution in [0.15, 0.2) is 18.2 Å². The Bertz CT molecular complexity index is 368. The zero-order chi connectivity index (χ0) is 11.4. The quantitative estimate of drug-likeness (QED) is 0.860. The highest BCUT2D eigenvalue weighted by atomic mass is 35.5. The molecule has 5 heteroatoms. The summed E-state index contributed by atoms with van der Waals surface area (Å²) in [6.07, 6.45) is 0. The minimum absolute atomic E-state index is 0.121. The minimum Gasteiger partial charge on any atom is -0.394 e. The molecule has 1 rings (SSSR count). The number of aliphatic hydroxyl groups is 1. The van der Waals surface area contributed by atoms with Crippen LogP contribution in [0.2, 0.25) is 10.0 Å². The van der Waals surface area contributed by atoms with Gasteiger partial charge in [0.25, 0.3) is 5.91 Å². The van der Waals surface area contributed by atoms with E-state index in [9.17, 15) is 4.79 Å². The van der Waals surface area contributed by atoms with E-state index in [2.05, 4.69) is 5.32 Å². The number of hydrogen-bond donors (Lipinski definition) is 2. The number of benzene rings is 1.